The third-order valence-electron chi connectivity index (χ3n) is 3.66. The number of nitro groups is 1. The minimum absolute atomic E-state index is 0.147. The van der Waals surface area contributed by atoms with E-state index in [1.807, 2.05) is 37.3 Å². The Kier molecular flexibility index (Phi) is 4.14. The summed E-state index contributed by atoms with van der Waals surface area (Å²) in [6.45, 7) is 4.38. The summed E-state index contributed by atoms with van der Waals surface area (Å²) >= 11 is 5.27. The minimum atomic E-state index is -0.634. The standard InChI is InChI=1S/C15H13ClIN3O2/c1-9-7-13-14(15(10(9)2)20(21)22)18-17-19(13)8-11-3-5-12(16)6-4-11/h3-7H,8H2,1-2H3. The molecule has 0 aliphatic carbocycles. The molecule has 0 fully saturated rings. The first-order valence-electron chi connectivity index (χ1n) is 6.63. The smallest absolute Gasteiger partial charge is 0.299 e. The minimum Gasteiger partial charge on any atom is -0.299 e. The van der Waals surface area contributed by atoms with Crippen LogP contribution in [0, 0.1) is 24.0 Å². The summed E-state index contributed by atoms with van der Waals surface area (Å²) in [5.74, 6) is 0. The zero-order chi connectivity index (χ0) is 15.9. The van der Waals surface area contributed by atoms with E-state index in [2.05, 4.69) is 6.26 Å². The third kappa shape index (κ3) is 2.72. The number of halogens is 2. The van der Waals surface area contributed by atoms with Gasteiger partial charge in [0.2, 0.25) is 0 Å². The number of aryl methyl sites for hydroxylation is 1. The van der Waals surface area contributed by atoms with Gasteiger partial charge in [-0.15, -0.1) is 0 Å². The van der Waals surface area contributed by atoms with Crippen LogP contribution >= 0.6 is 32.9 Å². The molecule has 0 radical (unpaired) electrons. The lowest BCUT2D eigenvalue weighted by Crippen LogP contribution is -2.09. The highest BCUT2D eigenvalue weighted by molar-refractivity contribution is 14.2. The van der Waals surface area contributed by atoms with Gasteiger partial charge < -0.3 is 0 Å². The van der Waals surface area contributed by atoms with Gasteiger partial charge in [0.1, 0.15) is 21.3 Å². The molecule has 1 aliphatic rings. The van der Waals surface area contributed by atoms with Crippen molar-refractivity contribution in [2.75, 3.05) is 3.11 Å². The molecule has 1 aliphatic heterocycles. The highest BCUT2D eigenvalue weighted by Gasteiger charge is 2.29. The fourth-order valence-corrected chi connectivity index (χ4v) is 4.57. The zero-order valence-electron chi connectivity index (χ0n) is 12.0. The number of hydrogen-bond acceptors (Lipinski definition) is 4. The summed E-state index contributed by atoms with van der Waals surface area (Å²) in [6.07, 6.45) is 0. The summed E-state index contributed by atoms with van der Waals surface area (Å²) in [7, 11) is 0. The fourth-order valence-electron chi connectivity index (χ4n) is 2.35. The molecule has 0 saturated heterocycles. The largest absolute Gasteiger partial charge is 0.300 e. The van der Waals surface area contributed by atoms with Crippen molar-refractivity contribution < 1.29 is 4.92 Å². The Labute approximate surface area is 143 Å². The molecule has 0 amide bonds. The molecule has 5 nitrogen and oxygen atoms in total. The second kappa shape index (κ2) is 5.92. The summed E-state index contributed by atoms with van der Waals surface area (Å²) in [4.78, 5) is 11.0. The van der Waals surface area contributed by atoms with Gasteiger partial charge in [0.15, 0.2) is 5.69 Å². The fraction of sp³-hybridized carbons (Fsp3) is 0.200. The topological polar surface area (TPSA) is 58.7 Å². The number of nitro benzene ring substituents is 1. The molecule has 3 rings (SSSR count). The number of nitrogens with zero attached hydrogens (tertiary/aromatic N) is 3. The zero-order valence-corrected chi connectivity index (χ0v) is 14.9. The molecular weight excluding hydrogens is 417 g/mol. The Morgan fingerprint density at radius 3 is 2.64 bits per heavy atom. The van der Waals surface area contributed by atoms with Crippen LogP contribution in [0.1, 0.15) is 16.7 Å². The van der Waals surface area contributed by atoms with Crippen LogP contribution in [0.4, 0.5) is 17.1 Å². The predicted molar refractivity (Wildman–Crippen MR) is 96.3 cm³/mol. The molecule has 0 N–H and O–H groups in total. The predicted octanol–water partition coefficient (Wildman–Crippen LogP) is 5.59. The van der Waals surface area contributed by atoms with Crippen molar-refractivity contribution in [3.8, 4) is 0 Å². The van der Waals surface area contributed by atoms with Crippen molar-refractivity contribution in [2.24, 2.45) is 3.15 Å². The average molecular weight is 430 g/mol. The molecular formula is C15H13ClIN3O2. The van der Waals surface area contributed by atoms with E-state index < -0.39 is 21.3 Å². The van der Waals surface area contributed by atoms with E-state index in [0.29, 0.717) is 22.8 Å². The van der Waals surface area contributed by atoms with E-state index >= 15 is 0 Å². The molecule has 114 valence electrons. The van der Waals surface area contributed by atoms with Crippen LogP contribution in [-0.2, 0) is 6.54 Å². The summed E-state index contributed by atoms with van der Waals surface area (Å²) in [6, 6.07) is 9.65. The Balaban J connectivity index is 2.00. The summed E-state index contributed by atoms with van der Waals surface area (Å²) < 4.78 is 6.64. The van der Waals surface area contributed by atoms with Gasteiger partial charge in [0.25, 0.3) is 0 Å². The first kappa shape index (κ1) is 15.4. The molecule has 0 atom stereocenters. The third-order valence-corrected chi connectivity index (χ3v) is 5.99. The number of anilines is 1. The average Bonchev–Trinajstić information content (AvgIpc) is 2.84. The summed E-state index contributed by atoms with van der Waals surface area (Å²) in [5.41, 5.74) is 4.30. The van der Waals surface area contributed by atoms with E-state index in [0.717, 1.165) is 16.8 Å². The molecule has 2 aromatic carbocycles. The van der Waals surface area contributed by atoms with Crippen LogP contribution in [0.25, 0.3) is 0 Å². The molecule has 0 unspecified atom stereocenters. The van der Waals surface area contributed by atoms with Gasteiger partial charge in [0.05, 0.1) is 17.2 Å². The van der Waals surface area contributed by atoms with Crippen LogP contribution in [0.2, 0.25) is 5.02 Å². The van der Waals surface area contributed by atoms with Crippen LogP contribution < -0.4 is 3.11 Å². The lowest BCUT2D eigenvalue weighted by Gasteiger charge is -2.16. The van der Waals surface area contributed by atoms with Crippen molar-refractivity contribution in [1.29, 1.82) is 0 Å². The van der Waals surface area contributed by atoms with Gasteiger partial charge in [-0.1, -0.05) is 23.7 Å². The van der Waals surface area contributed by atoms with Crippen LogP contribution in [0.3, 0.4) is 0 Å². The van der Waals surface area contributed by atoms with Crippen molar-refractivity contribution >= 4 is 50.0 Å². The molecule has 0 spiro atoms. The van der Waals surface area contributed by atoms with E-state index in [1.54, 1.807) is 6.92 Å². The van der Waals surface area contributed by atoms with Crippen molar-refractivity contribution in [2.45, 2.75) is 20.4 Å². The first-order chi connectivity index (χ1) is 10.5. The van der Waals surface area contributed by atoms with Crippen molar-refractivity contribution in [1.82, 2.24) is 0 Å². The number of benzene rings is 2. The van der Waals surface area contributed by atoms with Gasteiger partial charge >= 0.3 is 5.69 Å². The molecule has 2 aromatic rings. The monoisotopic (exact) mass is 429 g/mol. The van der Waals surface area contributed by atoms with E-state index in [9.17, 15) is 10.1 Å². The van der Waals surface area contributed by atoms with Crippen molar-refractivity contribution in [3.05, 3.63) is 62.2 Å². The Bertz CT molecular complexity index is 790. The number of fused-ring (bicyclic) bond motifs is 1. The highest BCUT2D eigenvalue weighted by Crippen LogP contribution is 2.50. The van der Waals surface area contributed by atoms with Gasteiger partial charge in [-0.2, -0.15) is 3.15 Å². The quantitative estimate of drug-likeness (QED) is 0.277. The van der Waals surface area contributed by atoms with Gasteiger partial charge in [-0.25, -0.2) is 0 Å². The van der Waals surface area contributed by atoms with Crippen molar-refractivity contribution in [3.63, 3.8) is 0 Å². The molecule has 0 aromatic heterocycles. The Morgan fingerprint density at radius 2 is 2.00 bits per heavy atom. The molecule has 7 heteroatoms. The molecule has 0 saturated carbocycles. The molecule has 1 heterocycles. The normalized spacial score (nSPS) is 13.0. The highest BCUT2D eigenvalue weighted by atomic mass is 127. The number of hydrogen-bond donors (Lipinski definition) is 0. The summed E-state index contributed by atoms with van der Waals surface area (Å²) in [5, 5.41) is 12.1. The van der Waals surface area contributed by atoms with E-state index in [-0.39, 0.29) is 10.6 Å². The maximum absolute atomic E-state index is 11.4. The number of rotatable bonds is 3. The maximum Gasteiger partial charge on any atom is 0.300 e. The first-order valence-corrected chi connectivity index (χ1v) is 8.94. The second-order valence-corrected chi connectivity index (χ2v) is 7.61. The lowest BCUT2D eigenvalue weighted by atomic mass is 10.0. The van der Waals surface area contributed by atoms with Crippen LogP contribution in [0.5, 0.6) is 0 Å². The van der Waals surface area contributed by atoms with Gasteiger partial charge in [-0.3, -0.25) is 13.2 Å². The maximum atomic E-state index is 11.4. The van der Waals surface area contributed by atoms with E-state index in [4.69, 9.17) is 11.6 Å². The van der Waals surface area contributed by atoms with Crippen LogP contribution in [-0.4, -0.2) is 4.92 Å². The lowest BCUT2D eigenvalue weighted by molar-refractivity contribution is -0.384. The Hall–Kier alpha value is -1.54. The molecule has 0 bridgehead atoms. The van der Waals surface area contributed by atoms with Gasteiger partial charge in [-0.05, 0) is 43.2 Å². The SMILES string of the molecule is Cc1cc2c(c([N+](=O)[O-])c1C)N=IN2Cc1ccc(Cl)cc1. The van der Waals surface area contributed by atoms with E-state index in [1.165, 1.54) is 0 Å². The molecule has 22 heavy (non-hydrogen) atoms. The second-order valence-electron chi connectivity index (χ2n) is 5.10. The van der Waals surface area contributed by atoms with Crippen LogP contribution in [0.15, 0.2) is 33.5 Å². The van der Waals surface area contributed by atoms with Gasteiger partial charge in [0, 0.05) is 10.6 Å². The Morgan fingerprint density at radius 1 is 1.32 bits per heavy atom.